The van der Waals surface area contributed by atoms with E-state index in [2.05, 4.69) is 15.0 Å². The highest BCUT2D eigenvalue weighted by atomic mass is 31.1. The minimum atomic E-state index is -2.74. The fourth-order valence-corrected chi connectivity index (χ4v) is 4.34. The van der Waals surface area contributed by atoms with Crippen molar-refractivity contribution in [1.82, 2.24) is 14.5 Å². The molecule has 6 atom stereocenters. The van der Waals surface area contributed by atoms with Crippen LogP contribution >= 0.6 is 8.17 Å². The first-order valence-corrected chi connectivity index (χ1v) is 12.8. The van der Waals surface area contributed by atoms with E-state index in [0.29, 0.717) is 0 Å². The van der Waals surface area contributed by atoms with Gasteiger partial charge >= 0.3 is 19.8 Å². The van der Waals surface area contributed by atoms with Crippen molar-refractivity contribution in [3.05, 3.63) is 47.0 Å². The van der Waals surface area contributed by atoms with E-state index in [1.54, 1.807) is 31.1 Å². The van der Waals surface area contributed by atoms with Crippen molar-refractivity contribution in [2.75, 3.05) is 32.6 Å². The average molecular weight is 569 g/mol. The monoisotopic (exact) mass is 569 g/mol. The SMILES string of the molecule is C[C@@H](N=[P+]([O-])Oc1ccccc1OC[C@H]1O[C@@H](n2ccc(NC(=O)CN(C)C)nc2=O)[C@](C)(F)[C@@H]1O)C(=O)O. The number of carboxylic acids is 1. The summed E-state index contributed by atoms with van der Waals surface area (Å²) in [5, 5.41) is 22.0. The summed E-state index contributed by atoms with van der Waals surface area (Å²) in [7, 11) is 0.648. The Balaban J connectivity index is 1.72. The molecule has 2 aromatic rings. The Bertz CT molecular complexity index is 1290. The highest BCUT2D eigenvalue weighted by Gasteiger charge is 2.55. The van der Waals surface area contributed by atoms with Crippen LogP contribution in [0.25, 0.3) is 0 Å². The molecule has 1 saturated heterocycles. The maximum Gasteiger partial charge on any atom is 0.395 e. The zero-order chi connectivity index (χ0) is 28.9. The molecule has 3 rings (SSSR count). The second-order valence-electron chi connectivity index (χ2n) is 9.13. The molecule has 16 heteroatoms. The molecule has 0 spiro atoms. The normalized spacial score (nSPS) is 23.9. The number of carbonyl (C=O) groups excluding carboxylic acids is 1. The van der Waals surface area contributed by atoms with E-state index in [-0.39, 0.29) is 23.9 Å². The molecule has 1 aromatic heterocycles. The van der Waals surface area contributed by atoms with Crippen molar-refractivity contribution in [3.8, 4) is 11.5 Å². The number of carbonyl (C=O) groups is 2. The van der Waals surface area contributed by atoms with Gasteiger partial charge in [-0.1, -0.05) is 16.9 Å². The fourth-order valence-electron chi connectivity index (χ4n) is 3.60. The summed E-state index contributed by atoms with van der Waals surface area (Å²) >= 11 is 0. The lowest BCUT2D eigenvalue weighted by Gasteiger charge is -2.24. The number of ether oxygens (including phenoxy) is 2. The number of anilines is 1. The summed E-state index contributed by atoms with van der Waals surface area (Å²) in [6, 6.07) is 6.02. The lowest BCUT2D eigenvalue weighted by Crippen LogP contribution is -2.43. The molecule has 0 bridgehead atoms. The lowest BCUT2D eigenvalue weighted by atomic mass is 9.98. The summed E-state index contributed by atoms with van der Waals surface area (Å²) in [4.78, 5) is 52.9. The van der Waals surface area contributed by atoms with E-state index in [0.717, 1.165) is 11.5 Å². The number of hydrogen-bond acceptors (Lipinski definition) is 11. The maximum atomic E-state index is 15.6. The maximum absolute atomic E-state index is 15.6. The average Bonchev–Trinajstić information content (AvgIpc) is 3.06. The minimum Gasteiger partial charge on any atom is -0.575 e. The summed E-state index contributed by atoms with van der Waals surface area (Å²) in [6.07, 6.45) is -3.33. The molecule has 1 unspecified atom stereocenters. The predicted octanol–water partition coefficient (Wildman–Crippen LogP) is 0.517. The third-order valence-electron chi connectivity index (χ3n) is 5.58. The largest absolute Gasteiger partial charge is 0.575 e. The van der Waals surface area contributed by atoms with E-state index < -0.39 is 62.5 Å². The number of amides is 1. The van der Waals surface area contributed by atoms with Crippen LogP contribution in [-0.2, 0) is 14.3 Å². The molecular weight excluding hydrogens is 540 g/mol. The van der Waals surface area contributed by atoms with Gasteiger partial charge in [0.15, 0.2) is 23.7 Å². The first-order valence-electron chi connectivity index (χ1n) is 11.7. The van der Waals surface area contributed by atoms with Crippen molar-refractivity contribution < 1.29 is 43.1 Å². The Morgan fingerprint density at radius 2 is 2.03 bits per heavy atom. The number of aliphatic hydroxyl groups is 1. The highest BCUT2D eigenvalue weighted by molar-refractivity contribution is 7.34. The Labute approximate surface area is 223 Å². The molecule has 1 aliphatic rings. The second-order valence-corrected chi connectivity index (χ2v) is 10.0. The molecule has 14 nitrogen and oxygen atoms in total. The van der Waals surface area contributed by atoms with Crippen LogP contribution in [0.5, 0.6) is 11.5 Å². The van der Waals surface area contributed by atoms with Gasteiger partial charge in [-0.25, -0.2) is 14.0 Å². The Kier molecular flexibility index (Phi) is 9.69. The van der Waals surface area contributed by atoms with Crippen LogP contribution in [0, 0.1) is 0 Å². The van der Waals surface area contributed by atoms with E-state index in [9.17, 15) is 24.4 Å². The molecule has 212 valence electrons. The second kappa shape index (κ2) is 12.6. The number of benzene rings is 1. The standard InChI is InChI=1S/C23H29FN5O9P/c1-13(20(32)33)27-39(35)38-15-8-6-5-7-14(15)36-12-16-19(31)23(2,24)21(37-16)29-10-9-17(26-22(29)34)25-18(30)11-28(3)4/h5-10,13,16,19,21,31H,11-12H2,1-4H3,(H,32,33)(H,25,26,30,34)/t13-,16-,19-,21-,23-/m1/s1. The smallest absolute Gasteiger partial charge is 0.395 e. The van der Waals surface area contributed by atoms with Crippen LogP contribution in [0.1, 0.15) is 20.1 Å². The number of aliphatic hydroxyl groups excluding tert-OH is 1. The zero-order valence-corrected chi connectivity index (χ0v) is 22.4. The van der Waals surface area contributed by atoms with Gasteiger partial charge in [0.2, 0.25) is 11.7 Å². The summed E-state index contributed by atoms with van der Waals surface area (Å²) in [6.45, 7) is 1.97. The highest BCUT2D eigenvalue weighted by Crippen LogP contribution is 2.41. The van der Waals surface area contributed by atoms with Crippen molar-refractivity contribution in [1.29, 1.82) is 0 Å². The van der Waals surface area contributed by atoms with Gasteiger partial charge in [0.25, 0.3) is 0 Å². The Morgan fingerprint density at radius 1 is 1.36 bits per heavy atom. The van der Waals surface area contributed by atoms with Gasteiger partial charge in [-0.3, -0.25) is 13.9 Å². The molecule has 1 aromatic carbocycles. The molecule has 1 fully saturated rings. The van der Waals surface area contributed by atoms with Crippen molar-refractivity contribution >= 4 is 25.9 Å². The van der Waals surface area contributed by atoms with Crippen molar-refractivity contribution in [2.24, 2.45) is 4.74 Å². The molecule has 0 radical (unpaired) electrons. The predicted molar refractivity (Wildman–Crippen MR) is 134 cm³/mol. The molecule has 1 aliphatic heterocycles. The lowest BCUT2D eigenvalue weighted by molar-refractivity contribution is -0.169. The molecule has 3 N–H and O–H groups in total. The number of nitrogens with one attached hydrogen (secondary N) is 1. The quantitative estimate of drug-likeness (QED) is 0.320. The first-order chi connectivity index (χ1) is 18.3. The van der Waals surface area contributed by atoms with Gasteiger partial charge in [-0.2, -0.15) is 4.98 Å². The topological polar surface area (TPSA) is 188 Å². The number of carboxylic acid groups (broad SMARTS) is 1. The number of aromatic nitrogens is 2. The van der Waals surface area contributed by atoms with Gasteiger partial charge < -0.3 is 34.8 Å². The molecule has 0 aliphatic carbocycles. The van der Waals surface area contributed by atoms with Crippen LogP contribution in [0.2, 0.25) is 0 Å². The number of nitrogens with zero attached hydrogens (tertiary/aromatic N) is 4. The Morgan fingerprint density at radius 3 is 2.64 bits per heavy atom. The molecule has 1 amide bonds. The number of likely N-dealkylation sites (N-methyl/N-ethyl adjacent to an activating group) is 1. The van der Waals surface area contributed by atoms with Crippen LogP contribution < -0.4 is 25.2 Å². The number of alkyl halides is 1. The number of hydrogen-bond donors (Lipinski definition) is 3. The van der Waals surface area contributed by atoms with Crippen LogP contribution in [0.3, 0.4) is 0 Å². The number of rotatable bonds is 11. The van der Waals surface area contributed by atoms with Gasteiger partial charge in [-0.15, -0.1) is 0 Å². The minimum absolute atomic E-state index is 0.0264. The summed E-state index contributed by atoms with van der Waals surface area (Å²) in [5.41, 5.74) is -3.34. The molecule has 39 heavy (non-hydrogen) atoms. The third-order valence-corrected chi connectivity index (χ3v) is 6.47. The van der Waals surface area contributed by atoms with Gasteiger partial charge in [0, 0.05) is 6.20 Å². The zero-order valence-electron chi connectivity index (χ0n) is 21.6. The molecule has 2 heterocycles. The summed E-state index contributed by atoms with van der Waals surface area (Å²) in [5.74, 6) is -1.68. The first kappa shape index (κ1) is 30.1. The van der Waals surface area contributed by atoms with Crippen LogP contribution in [0.15, 0.2) is 46.1 Å². The summed E-state index contributed by atoms with van der Waals surface area (Å²) < 4.78 is 36.4. The van der Waals surface area contributed by atoms with Crippen LogP contribution in [0.4, 0.5) is 10.2 Å². The van der Waals surface area contributed by atoms with Gasteiger partial charge in [0.05, 0.1) is 6.54 Å². The van der Waals surface area contributed by atoms with Crippen LogP contribution in [-0.4, -0.2) is 87.7 Å². The third kappa shape index (κ3) is 7.55. The van der Waals surface area contributed by atoms with Gasteiger partial charge in [0.1, 0.15) is 24.6 Å². The molecule has 0 saturated carbocycles. The van der Waals surface area contributed by atoms with Gasteiger partial charge in [-0.05, 0) is 46.1 Å². The number of halogens is 1. The van der Waals surface area contributed by atoms with Crippen molar-refractivity contribution in [3.63, 3.8) is 0 Å². The van der Waals surface area contributed by atoms with Crippen molar-refractivity contribution in [2.45, 2.75) is 44.0 Å². The van der Waals surface area contributed by atoms with E-state index in [4.69, 9.17) is 19.1 Å². The molecular formula is C23H29FN5O9P. The Hall–Kier alpha value is -3.49. The van der Waals surface area contributed by atoms with E-state index >= 15 is 4.39 Å². The fraction of sp³-hybridized carbons (Fsp3) is 0.478. The van der Waals surface area contributed by atoms with E-state index in [1.807, 2.05) is 0 Å². The number of aliphatic carboxylic acids is 1. The van der Waals surface area contributed by atoms with E-state index in [1.165, 1.54) is 31.3 Å². The number of para-hydroxylation sites is 2.